The average Bonchev–Trinajstić information content (AvgIpc) is 2.40. The molecule has 2 rings (SSSR count). The third-order valence-electron chi connectivity index (χ3n) is 3.31. The van der Waals surface area contributed by atoms with Gasteiger partial charge in [0.2, 0.25) is 0 Å². The van der Waals surface area contributed by atoms with E-state index in [9.17, 15) is 4.79 Å². The van der Waals surface area contributed by atoms with Gasteiger partial charge in [0.1, 0.15) is 5.75 Å². The summed E-state index contributed by atoms with van der Waals surface area (Å²) in [4.78, 5) is 10.8. The van der Waals surface area contributed by atoms with Crippen LogP contribution in [0.3, 0.4) is 0 Å². The molecular formula is C14H15NO3. The molecule has 18 heavy (non-hydrogen) atoms. The number of hydrogen-bond donors (Lipinski definition) is 1. The molecule has 0 heterocycles. The Morgan fingerprint density at radius 2 is 1.83 bits per heavy atom. The number of benzene rings is 1. The lowest BCUT2D eigenvalue weighted by molar-refractivity contribution is -0.143. The molecule has 1 fully saturated rings. The van der Waals surface area contributed by atoms with Gasteiger partial charge >= 0.3 is 5.97 Å². The van der Waals surface area contributed by atoms with Crippen molar-refractivity contribution in [3.63, 3.8) is 0 Å². The highest BCUT2D eigenvalue weighted by Crippen LogP contribution is 2.27. The molecule has 0 aliphatic heterocycles. The molecule has 1 aromatic carbocycles. The van der Waals surface area contributed by atoms with Crippen LogP contribution in [0, 0.1) is 17.2 Å². The van der Waals surface area contributed by atoms with E-state index < -0.39 is 5.97 Å². The maximum Gasteiger partial charge on any atom is 0.306 e. The first-order valence-corrected chi connectivity index (χ1v) is 6.08. The zero-order valence-corrected chi connectivity index (χ0v) is 10.0. The predicted molar refractivity (Wildman–Crippen MR) is 65.2 cm³/mol. The summed E-state index contributed by atoms with van der Waals surface area (Å²) in [6.45, 7) is 0. The molecule has 1 aliphatic carbocycles. The molecule has 0 saturated heterocycles. The summed E-state index contributed by atoms with van der Waals surface area (Å²) < 4.78 is 5.78. The predicted octanol–water partition coefficient (Wildman–Crippen LogP) is 2.58. The SMILES string of the molecule is N#Cc1ccc(OC2CCC(C(=O)O)CC2)cc1. The van der Waals surface area contributed by atoms with Crippen molar-refractivity contribution in [1.29, 1.82) is 5.26 Å². The Bertz CT molecular complexity index is 453. The number of carbonyl (C=O) groups is 1. The van der Waals surface area contributed by atoms with Crippen LogP contribution in [0.1, 0.15) is 31.2 Å². The number of nitriles is 1. The number of ether oxygens (including phenoxy) is 1. The van der Waals surface area contributed by atoms with Gasteiger partial charge in [-0.1, -0.05) is 0 Å². The lowest BCUT2D eigenvalue weighted by Gasteiger charge is -2.26. The van der Waals surface area contributed by atoms with Crippen molar-refractivity contribution >= 4 is 5.97 Å². The van der Waals surface area contributed by atoms with Crippen LogP contribution in [0.25, 0.3) is 0 Å². The minimum absolute atomic E-state index is 0.0912. The molecule has 0 bridgehead atoms. The average molecular weight is 245 g/mol. The van der Waals surface area contributed by atoms with Crippen LogP contribution < -0.4 is 4.74 Å². The smallest absolute Gasteiger partial charge is 0.306 e. The fourth-order valence-electron chi connectivity index (χ4n) is 2.23. The highest BCUT2D eigenvalue weighted by atomic mass is 16.5. The van der Waals surface area contributed by atoms with Crippen LogP contribution >= 0.6 is 0 Å². The van der Waals surface area contributed by atoms with E-state index in [1.54, 1.807) is 24.3 Å². The van der Waals surface area contributed by atoms with Crippen LogP contribution in [0.4, 0.5) is 0 Å². The second-order valence-corrected chi connectivity index (χ2v) is 4.57. The summed E-state index contributed by atoms with van der Waals surface area (Å²) in [5.74, 6) is -0.176. The Morgan fingerprint density at radius 1 is 1.22 bits per heavy atom. The summed E-state index contributed by atoms with van der Waals surface area (Å²) in [6, 6.07) is 9.06. The van der Waals surface area contributed by atoms with Gasteiger partial charge < -0.3 is 9.84 Å². The van der Waals surface area contributed by atoms with Crippen molar-refractivity contribution in [3.05, 3.63) is 29.8 Å². The molecule has 0 aromatic heterocycles. The van der Waals surface area contributed by atoms with E-state index in [4.69, 9.17) is 15.1 Å². The normalized spacial score (nSPS) is 23.1. The highest BCUT2D eigenvalue weighted by molar-refractivity contribution is 5.70. The van der Waals surface area contributed by atoms with E-state index in [-0.39, 0.29) is 12.0 Å². The molecular weight excluding hydrogens is 230 g/mol. The molecule has 1 N–H and O–H groups in total. The van der Waals surface area contributed by atoms with Crippen molar-refractivity contribution in [2.24, 2.45) is 5.92 Å². The van der Waals surface area contributed by atoms with E-state index in [0.717, 1.165) is 18.6 Å². The monoisotopic (exact) mass is 245 g/mol. The van der Waals surface area contributed by atoms with Gasteiger partial charge in [-0.15, -0.1) is 0 Å². The second kappa shape index (κ2) is 5.54. The van der Waals surface area contributed by atoms with Crippen molar-refractivity contribution < 1.29 is 14.6 Å². The molecule has 4 nitrogen and oxygen atoms in total. The Morgan fingerprint density at radius 3 is 2.33 bits per heavy atom. The van der Waals surface area contributed by atoms with Crippen molar-refractivity contribution in [1.82, 2.24) is 0 Å². The molecule has 1 aliphatic rings. The van der Waals surface area contributed by atoms with Crippen LogP contribution in [0.2, 0.25) is 0 Å². The van der Waals surface area contributed by atoms with Gasteiger partial charge in [-0.2, -0.15) is 5.26 Å². The minimum Gasteiger partial charge on any atom is -0.490 e. The van der Waals surface area contributed by atoms with E-state index in [2.05, 4.69) is 6.07 Å². The number of nitrogens with zero attached hydrogens (tertiary/aromatic N) is 1. The Labute approximate surface area is 106 Å². The van der Waals surface area contributed by atoms with Gasteiger partial charge in [-0.25, -0.2) is 0 Å². The molecule has 0 amide bonds. The fraction of sp³-hybridized carbons (Fsp3) is 0.429. The molecule has 4 heteroatoms. The molecule has 94 valence electrons. The summed E-state index contributed by atoms with van der Waals surface area (Å²) in [6.07, 6.45) is 2.99. The van der Waals surface area contributed by atoms with Crippen LogP contribution in [-0.4, -0.2) is 17.2 Å². The third-order valence-corrected chi connectivity index (χ3v) is 3.31. The zero-order valence-electron chi connectivity index (χ0n) is 10.0. The quantitative estimate of drug-likeness (QED) is 0.888. The van der Waals surface area contributed by atoms with E-state index in [1.165, 1.54) is 0 Å². The van der Waals surface area contributed by atoms with Crippen molar-refractivity contribution in [3.8, 4) is 11.8 Å². The summed E-state index contributed by atoms with van der Waals surface area (Å²) >= 11 is 0. The third kappa shape index (κ3) is 3.01. The zero-order chi connectivity index (χ0) is 13.0. The second-order valence-electron chi connectivity index (χ2n) is 4.57. The number of rotatable bonds is 3. The van der Waals surface area contributed by atoms with Crippen LogP contribution in [0.5, 0.6) is 5.75 Å². The molecule has 1 aromatic rings. The van der Waals surface area contributed by atoms with E-state index in [1.807, 2.05) is 0 Å². The van der Waals surface area contributed by atoms with Crippen LogP contribution in [-0.2, 0) is 4.79 Å². The van der Waals surface area contributed by atoms with Gasteiger partial charge in [0.05, 0.1) is 23.7 Å². The lowest BCUT2D eigenvalue weighted by Crippen LogP contribution is -2.27. The van der Waals surface area contributed by atoms with Crippen molar-refractivity contribution in [2.75, 3.05) is 0 Å². The number of hydrogen-bond acceptors (Lipinski definition) is 3. The summed E-state index contributed by atoms with van der Waals surface area (Å²) in [5, 5.41) is 17.6. The van der Waals surface area contributed by atoms with Crippen molar-refractivity contribution in [2.45, 2.75) is 31.8 Å². The fourth-order valence-corrected chi connectivity index (χ4v) is 2.23. The molecule has 0 unspecified atom stereocenters. The Balaban J connectivity index is 1.87. The number of aliphatic carboxylic acids is 1. The number of carboxylic acids is 1. The Hall–Kier alpha value is -2.02. The molecule has 1 saturated carbocycles. The lowest BCUT2D eigenvalue weighted by atomic mass is 9.87. The first-order valence-electron chi connectivity index (χ1n) is 6.08. The molecule has 0 atom stereocenters. The van der Waals surface area contributed by atoms with E-state index >= 15 is 0 Å². The standard InChI is InChI=1S/C14H15NO3/c15-9-10-1-5-12(6-2-10)18-13-7-3-11(4-8-13)14(16)17/h1-2,5-6,11,13H,3-4,7-8H2,(H,16,17). The van der Waals surface area contributed by atoms with Gasteiger partial charge in [-0.3, -0.25) is 4.79 Å². The summed E-state index contributed by atoms with van der Waals surface area (Å²) in [5.41, 5.74) is 0.608. The maximum atomic E-state index is 10.8. The van der Waals surface area contributed by atoms with Gasteiger partial charge in [0.15, 0.2) is 0 Å². The van der Waals surface area contributed by atoms with Gasteiger partial charge in [0.25, 0.3) is 0 Å². The van der Waals surface area contributed by atoms with E-state index in [0.29, 0.717) is 18.4 Å². The molecule has 0 spiro atoms. The first-order chi connectivity index (χ1) is 8.69. The number of carboxylic acid groups (broad SMARTS) is 1. The Kier molecular flexibility index (Phi) is 3.83. The largest absolute Gasteiger partial charge is 0.490 e. The first kappa shape index (κ1) is 12.4. The highest BCUT2D eigenvalue weighted by Gasteiger charge is 2.26. The van der Waals surface area contributed by atoms with Gasteiger partial charge in [0, 0.05) is 0 Å². The molecule has 0 radical (unpaired) electrons. The summed E-state index contributed by atoms with van der Waals surface area (Å²) in [7, 11) is 0. The topological polar surface area (TPSA) is 70.3 Å². The van der Waals surface area contributed by atoms with Gasteiger partial charge in [-0.05, 0) is 49.9 Å². The van der Waals surface area contributed by atoms with Crippen LogP contribution in [0.15, 0.2) is 24.3 Å². The minimum atomic E-state index is -0.702. The maximum absolute atomic E-state index is 10.8.